The van der Waals surface area contributed by atoms with Gasteiger partial charge in [0.15, 0.2) is 5.96 Å². The van der Waals surface area contributed by atoms with Crippen molar-refractivity contribution in [2.45, 2.75) is 39.2 Å². The molecule has 5 heteroatoms. The van der Waals surface area contributed by atoms with Crippen LogP contribution in [0.3, 0.4) is 0 Å². The number of hydrogen-bond acceptors (Lipinski definition) is 2. The molecule has 1 heterocycles. The van der Waals surface area contributed by atoms with Gasteiger partial charge < -0.3 is 15.2 Å². The molecule has 5 nitrogen and oxygen atoms in total. The van der Waals surface area contributed by atoms with Gasteiger partial charge in [-0.1, -0.05) is 36.4 Å². The normalized spacial score (nSPS) is 11.3. The molecule has 0 saturated carbocycles. The highest BCUT2D eigenvalue weighted by atomic mass is 16.1. The molecule has 0 fully saturated rings. The third-order valence-electron chi connectivity index (χ3n) is 4.10. The van der Waals surface area contributed by atoms with Gasteiger partial charge >= 0.3 is 0 Å². The number of benzene rings is 1. The van der Waals surface area contributed by atoms with Crippen molar-refractivity contribution in [3.63, 3.8) is 0 Å². The molecule has 0 aliphatic carbocycles. The summed E-state index contributed by atoms with van der Waals surface area (Å²) in [7, 11) is 0. The number of guanidine groups is 1. The highest BCUT2D eigenvalue weighted by Crippen LogP contribution is 2.02. The topological polar surface area (TPSA) is 58.4 Å². The van der Waals surface area contributed by atoms with Gasteiger partial charge in [0.1, 0.15) is 0 Å². The van der Waals surface area contributed by atoms with Crippen LogP contribution in [0.15, 0.2) is 64.5 Å². The van der Waals surface area contributed by atoms with Crippen LogP contribution in [0.5, 0.6) is 0 Å². The minimum atomic E-state index is 0.0637. The van der Waals surface area contributed by atoms with E-state index in [0.29, 0.717) is 0 Å². The van der Waals surface area contributed by atoms with Crippen molar-refractivity contribution >= 4 is 5.96 Å². The summed E-state index contributed by atoms with van der Waals surface area (Å²) in [5.41, 5.74) is 1.42. The average Bonchev–Trinajstić information content (AvgIpc) is 2.67. The van der Waals surface area contributed by atoms with Gasteiger partial charge in [-0.05, 0) is 44.2 Å². The van der Waals surface area contributed by atoms with E-state index in [-0.39, 0.29) is 5.56 Å². The van der Waals surface area contributed by atoms with Crippen LogP contribution in [-0.2, 0) is 13.0 Å². The van der Waals surface area contributed by atoms with Crippen molar-refractivity contribution in [1.82, 2.24) is 15.2 Å². The lowest BCUT2D eigenvalue weighted by Crippen LogP contribution is -2.38. The van der Waals surface area contributed by atoms with E-state index in [1.54, 1.807) is 16.7 Å². The first kappa shape index (κ1) is 19.8. The Hall–Kier alpha value is -2.56. The lowest BCUT2D eigenvalue weighted by Gasteiger charge is -2.11. The molecule has 0 aliphatic rings. The van der Waals surface area contributed by atoms with Crippen LogP contribution in [-0.4, -0.2) is 30.2 Å². The van der Waals surface area contributed by atoms with Crippen molar-refractivity contribution in [2.75, 3.05) is 19.6 Å². The zero-order valence-corrected chi connectivity index (χ0v) is 15.7. The average molecular weight is 354 g/mol. The second kappa shape index (κ2) is 11.9. The zero-order valence-electron chi connectivity index (χ0n) is 15.7. The van der Waals surface area contributed by atoms with Gasteiger partial charge in [0, 0.05) is 38.4 Å². The highest BCUT2D eigenvalue weighted by Gasteiger charge is 1.98. The van der Waals surface area contributed by atoms with Gasteiger partial charge in [0.05, 0.1) is 0 Å². The van der Waals surface area contributed by atoms with E-state index >= 15 is 0 Å². The number of pyridine rings is 1. The molecule has 2 rings (SSSR count). The number of rotatable bonds is 10. The summed E-state index contributed by atoms with van der Waals surface area (Å²) in [5, 5.41) is 6.65. The summed E-state index contributed by atoms with van der Waals surface area (Å²) < 4.78 is 1.75. The number of nitrogens with zero attached hydrogens (tertiary/aromatic N) is 2. The Morgan fingerprint density at radius 1 is 1.00 bits per heavy atom. The van der Waals surface area contributed by atoms with Crippen LogP contribution in [0.4, 0.5) is 0 Å². The molecule has 26 heavy (non-hydrogen) atoms. The first-order valence-electron chi connectivity index (χ1n) is 9.51. The van der Waals surface area contributed by atoms with Crippen LogP contribution in [0.1, 0.15) is 31.7 Å². The maximum Gasteiger partial charge on any atom is 0.250 e. The molecule has 1 aromatic carbocycles. The molecular formula is C21H30N4O. The molecule has 2 aromatic rings. The Kier molecular flexibility index (Phi) is 9.05. The number of nitrogens with one attached hydrogen (secondary N) is 2. The Labute approximate surface area is 156 Å². The Morgan fingerprint density at radius 3 is 2.58 bits per heavy atom. The second-order valence-corrected chi connectivity index (χ2v) is 6.22. The monoisotopic (exact) mass is 354 g/mol. The smallest absolute Gasteiger partial charge is 0.250 e. The summed E-state index contributed by atoms with van der Waals surface area (Å²) in [6.45, 7) is 5.34. The number of hydrogen-bond donors (Lipinski definition) is 2. The van der Waals surface area contributed by atoms with E-state index in [0.717, 1.165) is 57.8 Å². The van der Waals surface area contributed by atoms with Gasteiger partial charge in [-0.2, -0.15) is 0 Å². The van der Waals surface area contributed by atoms with E-state index < -0.39 is 0 Å². The predicted molar refractivity (Wildman–Crippen MR) is 109 cm³/mol. The van der Waals surface area contributed by atoms with E-state index in [1.807, 2.05) is 18.3 Å². The van der Waals surface area contributed by atoms with E-state index in [2.05, 4.69) is 46.8 Å². The lowest BCUT2D eigenvalue weighted by atomic mass is 10.1. The molecule has 140 valence electrons. The third kappa shape index (κ3) is 7.55. The third-order valence-corrected chi connectivity index (χ3v) is 4.10. The molecule has 0 spiro atoms. The van der Waals surface area contributed by atoms with E-state index in [9.17, 15) is 4.79 Å². The molecule has 0 saturated heterocycles. The molecule has 0 unspecified atom stereocenters. The molecule has 0 bridgehead atoms. The van der Waals surface area contributed by atoms with Crippen LogP contribution < -0.4 is 16.2 Å². The van der Waals surface area contributed by atoms with Crippen LogP contribution in [0.25, 0.3) is 0 Å². The summed E-state index contributed by atoms with van der Waals surface area (Å²) in [5.74, 6) is 0.873. The Bertz CT molecular complexity index is 709. The van der Waals surface area contributed by atoms with Gasteiger partial charge in [0.2, 0.25) is 5.56 Å². The molecule has 0 radical (unpaired) electrons. The largest absolute Gasteiger partial charge is 0.357 e. The van der Waals surface area contributed by atoms with E-state index in [4.69, 9.17) is 0 Å². The molecular weight excluding hydrogens is 324 g/mol. The van der Waals surface area contributed by atoms with Gasteiger partial charge in [-0.15, -0.1) is 0 Å². The number of aliphatic imine (C=N–C) groups is 1. The molecule has 0 atom stereocenters. The van der Waals surface area contributed by atoms with Gasteiger partial charge in [-0.3, -0.25) is 9.79 Å². The standard InChI is InChI=1S/C21H30N4O/c1-2-22-21(24-16-10-13-19-11-4-3-5-12-19)23-15-7-9-18-25-17-8-6-14-20(25)26/h3-6,8,11-12,14,17H,2,7,9-10,13,15-16,18H2,1H3,(H2,22,23,24). The highest BCUT2D eigenvalue weighted by molar-refractivity contribution is 5.79. The molecule has 0 aliphatic heterocycles. The van der Waals surface area contributed by atoms with Crippen LogP contribution in [0, 0.1) is 0 Å². The fraction of sp³-hybridized carbons (Fsp3) is 0.429. The first-order chi connectivity index (χ1) is 12.8. The van der Waals surface area contributed by atoms with Gasteiger partial charge in [0.25, 0.3) is 0 Å². The fourth-order valence-corrected chi connectivity index (χ4v) is 2.72. The number of aryl methyl sites for hydroxylation is 2. The summed E-state index contributed by atoms with van der Waals surface area (Å²) in [6, 6.07) is 15.8. The second-order valence-electron chi connectivity index (χ2n) is 6.22. The maximum atomic E-state index is 11.6. The zero-order chi connectivity index (χ0) is 18.5. The Morgan fingerprint density at radius 2 is 1.81 bits per heavy atom. The van der Waals surface area contributed by atoms with Crippen molar-refractivity contribution in [3.05, 3.63) is 70.6 Å². The summed E-state index contributed by atoms with van der Waals surface area (Å²) >= 11 is 0. The quantitative estimate of drug-likeness (QED) is 0.392. The maximum absolute atomic E-state index is 11.6. The minimum absolute atomic E-state index is 0.0637. The first-order valence-corrected chi connectivity index (χ1v) is 9.51. The molecule has 1 aromatic heterocycles. The fourth-order valence-electron chi connectivity index (χ4n) is 2.72. The molecule has 2 N–H and O–H groups in total. The van der Waals surface area contributed by atoms with Crippen molar-refractivity contribution < 1.29 is 0 Å². The van der Waals surface area contributed by atoms with Crippen molar-refractivity contribution in [1.29, 1.82) is 0 Å². The predicted octanol–water partition coefficient (Wildman–Crippen LogP) is 2.82. The number of aromatic nitrogens is 1. The Balaban J connectivity index is 1.65. The van der Waals surface area contributed by atoms with Crippen LogP contribution in [0.2, 0.25) is 0 Å². The van der Waals surface area contributed by atoms with Gasteiger partial charge in [-0.25, -0.2) is 0 Å². The summed E-state index contributed by atoms with van der Waals surface area (Å²) in [6.07, 6.45) is 5.89. The lowest BCUT2D eigenvalue weighted by molar-refractivity contribution is 0.585. The summed E-state index contributed by atoms with van der Waals surface area (Å²) in [4.78, 5) is 16.3. The number of unbranched alkanes of at least 4 members (excludes halogenated alkanes) is 1. The van der Waals surface area contributed by atoms with Crippen molar-refractivity contribution in [2.24, 2.45) is 4.99 Å². The molecule has 0 amide bonds. The van der Waals surface area contributed by atoms with Crippen molar-refractivity contribution in [3.8, 4) is 0 Å². The SMILES string of the molecule is CCNC(=NCCCc1ccccc1)NCCCCn1ccccc1=O. The van der Waals surface area contributed by atoms with E-state index in [1.165, 1.54) is 5.56 Å². The minimum Gasteiger partial charge on any atom is -0.357 e. The van der Waals surface area contributed by atoms with Crippen LogP contribution >= 0.6 is 0 Å².